The summed E-state index contributed by atoms with van der Waals surface area (Å²) >= 11 is 0. The summed E-state index contributed by atoms with van der Waals surface area (Å²) in [6.45, 7) is 6.14. The first kappa shape index (κ1) is 17.4. The van der Waals surface area contributed by atoms with Gasteiger partial charge in [0.25, 0.3) is 0 Å². The summed E-state index contributed by atoms with van der Waals surface area (Å²) in [4.78, 5) is 27.6. The summed E-state index contributed by atoms with van der Waals surface area (Å²) in [6.07, 6.45) is 0. The monoisotopic (exact) mass is 363 g/mol. The van der Waals surface area contributed by atoms with Crippen LogP contribution in [0.15, 0.2) is 36.4 Å². The molecule has 0 spiro atoms. The average molecular weight is 363 g/mol. The number of carbonyl (C=O) groups excluding carboxylic acids is 1. The van der Waals surface area contributed by atoms with Gasteiger partial charge in [-0.1, -0.05) is 12.1 Å². The molecule has 138 valence electrons. The van der Waals surface area contributed by atoms with Crippen molar-refractivity contribution in [2.75, 3.05) is 24.7 Å². The third-order valence-corrected chi connectivity index (χ3v) is 4.73. The molecule has 7 nitrogen and oxygen atoms in total. The maximum atomic E-state index is 11.5. The lowest BCUT2D eigenvalue weighted by Crippen LogP contribution is -2.44. The maximum absolute atomic E-state index is 11.5. The number of morpholine rings is 1. The zero-order valence-corrected chi connectivity index (χ0v) is 15.3. The molecule has 27 heavy (non-hydrogen) atoms. The number of nitrogens with zero attached hydrogens (tertiary/aromatic N) is 4. The number of benzene rings is 1. The number of rotatable bonds is 3. The molecule has 0 saturated carbocycles. The molecule has 1 aliphatic heterocycles. The average Bonchev–Trinajstić information content (AvgIpc) is 2.67. The minimum absolute atomic E-state index is 0.239. The lowest BCUT2D eigenvalue weighted by Gasteiger charge is -2.34. The van der Waals surface area contributed by atoms with Crippen LogP contribution in [0.4, 0.5) is 5.82 Å². The summed E-state index contributed by atoms with van der Waals surface area (Å²) in [5.41, 5.74) is 8.05. The summed E-state index contributed by atoms with van der Waals surface area (Å²) < 4.78 is 5.54. The van der Waals surface area contributed by atoms with E-state index in [2.05, 4.69) is 21.8 Å². The number of pyridine rings is 1. The molecule has 0 radical (unpaired) electrons. The second-order valence-electron chi connectivity index (χ2n) is 6.72. The van der Waals surface area contributed by atoms with E-state index in [1.807, 2.05) is 25.1 Å². The molecule has 4 rings (SSSR count). The van der Waals surface area contributed by atoms with Gasteiger partial charge in [-0.2, -0.15) is 0 Å². The van der Waals surface area contributed by atoms with Crippen LogP contribution in [0.5, 0.6) is 0 Å². The Morgan fingerprint density at radius 1 is 1.22 bits per heavy atom. The molecule has 1 aliphatic rings. The summed E-state index contributed by atoms with van der Waals surface area (Å²) in [6, 6.07) is 11.3. The lowest BCUT2D eigenvalue weighted by atomic mass is 10.1. The zero-order valence-electron chi connectivity index (χ0n) is 15.3. The first-order chi connectivity index (χ1) is 13.0. The minimum atomic E-state index is -0.459. The fraction of sp³-hybridized carbons (Fsp3) is 0.300. The third-order valence-electron chi connectivity index (χ3n) is 4.73. The van der Waals surface area contributed by atoms with Crippen molar-refractivity contribution < 1.29 is 9.53 Å². The Labute approximate surface area is 157 Å². The molecule has 3 aromatic rings. The van der Waals surface area contributed by atoms with Gasteiger partial charge in [-0.05, 0) is 38.1 Å². The first-order valence-corrected chi connectivity index (χ1v) is 8.93. The minimum Gasteiger partial charge on any atom is -0.377 e. The van der Waals surface area contributed by atoms with Gasteiger partial charge in [-0.3, -0.25) is 4.79 Å². The van der Waals surface area contributed by atoms with Crippen LogP contribution in [0.1, 0.15) is 23.1 Å². The van der Waals surface area contributed by atoms with E-state index in [1.54, 1.807) is 18.2 Å². The highest BCUT2D eigenvalue weighted by Gasteiger charge is 2.23. The maximum Gasteiger partial charge on any atom is 0.248 e. The van der Waals surface area contributed by atoms with Crippen LogP contribution in [0, 0.1) is 6.92 Å². The second kappa shape index (κ2) is 6.92. The van der Waals surface area contributed by atoms with Gasteiger partial charge in [0.05, 0.1) is 30.3 Å². The van der Waals surface area contributed by atoms with Gasteiger partial charge in [0, 0.05) is 17.7 Å². The fourth-order valence-electron chi connectivity index (χ4n) is 3.35. The Kier molecular flexibility index (Phi) is 4.45. The number of hydrogen-bond acceptors (Lipinski definition) is 6. The molecule has 1 atom stereocenters. The molecular formula is C20H21N5O2. The molecule has 2 aromatic heterocycles. The number of aryl methyl sites for hydroxylation is 1. The van der Waals surface area contributed by atoms with Gasteiger partial charge in [0.15, 0.2) is 5.65 Å². The molecular weight excluding hydrogens is 342 g/mol. The predicted molar refractivity (Wildman–Crippen MR) is 104 cm³/mol. The molecule has 7 heteroatoms. The topological polar surface area (TPSA) is 94.2 Å². The van der Waals surface area contributed by atoms with Crippen molar-refractivity contribution in [2.45, 2.75) is 19.9 Å². The summed E-state index contributed by atoms with van der Waals surface area (Å²) in [7, 11) is 0. The Balaban J connectivity index is 1.81. The van der Waals surface area contributed by atoms with Crippen molar-refractivity contribution in [1.82, 2.24) is 15.0 Å². The molecule has 1 saturated heterocycles. The van der Waals surface area contributed by atoms with E-state index in [9.17, 15) is 4.79 Å². The van der Waals surface area contributed by atoms with Crippen molar-refractivity contribution in [3.05, 3.63) is 47.8 Å². The quantitative estimate of drug-likeness (QED) is 0.767. The zero-order chi connectivity index (χ0) is 19.0. The molecule has 3 heterocycles. The lowest BCUT2D eigenvalue weighted by molar-refractivity contribution is 0.0986. The predicted octanol–water partition coefficient (Wildman–Crippen LogP) is 2.32. The van der Waals surface area contributed by atoms with E-state index >= 15 is 0 Å². The van der Waals surface area contributed by atoms with Crippen LogP contribution in [0.25, 0.3) is 22.3 Å². The Bertz CT molecular complexity index is 1020. The smallest absolute Gasteiger partial charge is 0.248 e. The third kappa shape index (κ3) is 3.33. The second-order valence-corrected chi connectivity index (χ2v) is 6.72. The van der Waals surface area contributed by atoms with Crippen molar-refractivity contribution in [3.8, 4) is 11.3 Å². The van der Waals surface area contributed by atoms with Crippen molar-refractivity contribution in [1.29, 1.82) is 0 Å². The molecule has 1 fully saturated rings. The normalized spacial score (nSPS) is 17.3. The molecule has 0 aliphatic carbocycles. The molecule has 0 unspecified atom stereocenters. The Hall–Kier alpha value is -3.06. The number of anilines is 1. The highest BCUT2D eigenvalue weighted by atomic mass is 16.5. The van der Waals surface area contributed by atoms with Crippen LogP contribution in [0.3, 0.4) is 0 Å². The van der Waals surface area contributed by atoms with Crippen molar-refractivity contribution in [3.63, 3.8) is 0 Å². The largest absolute Gasteiger partial charge is 0.377 e. The molecule has 1 amide bonds. The van der Waals surface area contributed by atoms with E-state index in [1.165, 1.54) is 0 Å². The number of hydrogen-bond donors (Lipinski definition) is 1. The van der Waals surface area contributed by atoms with Crippen LogP contribution in [0.2, 0.25) is 0 Å². The standard InChI is InChI=1S/C20H21N5O2/c1-12-11-27-9-8-25(12)20-16-6-7-17(24-19(16)22-13(2)23-20)14-4-3-5-15(10-14)18(21)26/h3-7,10,12H,8-9,11H2,1-2H3,(H2,21,26)/t12-/m0/s1. The van der Waals surface area contributed by atoms with Crippen LogP contribution < -0.4 is 10.6 Å². The van der Waals surface area contributed by atoms with E-state index in [0.717, 1.165) is 29.0 Å². The molecule has 0 bridgehead atoms. The van der Waals surface area contributed by atoms with Gasteiger partial charge in [-0.25, -0.2) is 15.0 Å². The van der Waals surface area contributed by atoms with E-state index in [-0.39, 0.29) is 6.04 Å². The Morgan fingerprint density at radius 2 is 2.07 bits per heavy atom. The van der Waals surface area contributed by atoms with Crippen molar-refractivity contribution in [2.24, 2.45) is 5.73 Å². The van der Waals surface area contributed by atoms with Gasteiger partial charge in [-0.15, -0.1) is 0 Å². The SMILES string of the molecule is Cc1nc(N2CCOC[C@@H]2C)c2ccc(-c3cccc(C(N)=O)c3)nc2n1. The number of aromatic nitrogens is 3. The van der Waals surface area contributed by atoms with Gasteiger partial charge >= 0.3 is 0 Å². The van der Waals surface area contributed by atoms with E-state index in [0.29, 0.717) is 30.2 Å². The first-order valence-electron chi connectivity index (χ1n) is 8.93. The number of amides is 1. The number of nitrogens with two attached hydrogens (primary N) is 1. The highest BCUT2D eigenvalue weighted by Crippen LogP contribution is 2.28. The van der Waals surface area contributed by atoms with E-state index in [4.69, 9.17) is 15.5 Å². The highest BCUT2D eigenvalue weighted by molar-refractivity contribution is 5.94. The number of fused-ring (bicyclic) bond motifs is 1. The van der Waals surface area contributed by atoms with Crippen LogP contribution in [-0.2, 0) is 4.74 Å². The van der Waals surface area contributed by atoms with Crippen LogP contribution >= 0.6 is 0 Å². The Morgan fingerprint density at radius 3 is 2.85 bits per heavy atom. The van der Waals surface area contributed by atoms with E-state index < -0.39 is 5.91 Å². The van der Waals surface area contributed by atoms with Crippen molar-refractivity contribution >= 4 is 22.8 Å². The number of primary amides is 1. The van der Waals surface area contributed by atoms with Gasteiger partial charge < -0.3 is 15.4 Å². The number of carbonyl (C=O) groups is 1. The number of ether oxygens (including phenoxy) is 1. The summed E-state index contributed by atoms with van der Waals surface area (Å²) in [5.74, 6) is 1.10. The molecule has 2 N–H and O–H groups in total. The molecule has 1 aromatic carbocycles. The van der Waals surface area contributed by atoms with Crippen LogP contribution in [-0.4, -0.2) is 46.7 Å². The van der Waals surface area contributed by atoms with Gasteiger partial charge in [0.2, 0.25) is 5.91 Å². The fourth-order valence-corrected chi connectivity index (χ4v) is 3.35. The van der Waals surface area contributed by atoms with Gasteiger partial charge in [0.1, 0.15) is 11.6 Å². The summed E-state index contributed by atoms with van der Waals surface area (Å²) in [5, 5.41) is 0.907.